The van der Waals surface area contributed by atoms with Gasteiger partial charge in [0, 0.05) is 7.05 Å². The van der Waals surface area contributed by atoms with Crippen molar-refractivity contribution >= 4 is 6.03 Å². The van der Waals surface area contributed by atoms with Crippen molar-refractivity contribution in [2.24, 2.45) is 0 Å². The number of nitrogens with one attached hydrogen (secondary N) is 1. The highest BCUT2D eigenvalue weighted by atomic mass is 19.4. The molecule has 22 heavy (non-hydrogen) atoms. The number of likely N-dealkylation sites (N-methyl/N-ethyl adjacent to an activating group) is 1. The van der Waals surface area contributed by atoms with Crippen LogP contribution in [0.2, 0.25) is 0 Å². The summed E-state index contributed by atoms with van der Waals surface area (Å²) in [5.41, 5.74) is -0.787. The zero-order valence-corrected chi connectivity index (χ0v) is 12.4. The van der Waals surface area contributed by atoms with E-state index in [0.717, 1.165) is 12.1 Å². The molecule has 0 radical (unpaired) electrons. The van der Waals surface area contributed by atoms with E-state index in [1.807, 2.05) is 0 Å². The number of hydrogen-bond donors (Lipinski definition) is 2. The summed E-state index contributed by atoms with van der Waals surface area (Å²) in [5.74, 6) is 0.0844. The lowest BCUT2D eigenvalue weighted by molar-refractivity contribution is -0.137. The minimum absolute atomic E-state index is 0.0361. The Morgan fingerprint density at radius 1 is 1.45 bits per heavy atom. The lowest BCUT2D eigenvalue weighted by Gasteiger charge is -2.23. The first kappa shape index (κ1) is 18.1. The molecule has 0 bridgehead atoms. The maximum absolute atomic E-state index is 12.5. The van der Waals surface area contributed by atoms with Gasteiger partial charge < -0.3 is 20.1 Å². The minimum Gasteiger partial charge on any atom is -0.492 e. The molecule has 1 aromatic carbocycles. The average molecular weight is 320 g/mol. The van der Waals surface area contributed by atoms with E-state index < -0.39 is 17.8 Å². The van der Waals surface area contributed by atoms with Crippen molar-refractivity contribution < 1.29 is 27.8 Å². The van der Waals surface area contributed by atoms with Crippen molar-refractivity contribution in [3.63, 3.8) is 0 Å². The maximum atomic E-state index is 12.5. The minimum atomic E-state index is -4.42. The average Bonchev–Trinajstić information content (AvgIpc) is 2.49. The summed E-state index contributed by atoms with van der Waals surface area (Å²) in [7, 11) is 1.53. The van der Waals surface area contributed by atoms with Crippen LogP contribution in [0.3, 0.4) is 0 Å². The molecule has 0 aliphatic heterocycles. The number of amides is 2. The van der Waals surface area contributed by atoms with Crippen molar-refractivity contribution in [1.82, 2.24) is 10.2 Å². The van der Waals surface area contributed by atoms with E-state index in [0.29, 0.717) is 0 Å². The molecule has 124 valence electrons. The Balaban J connectivity index is 2.41. The highest BCUT2D eigenvalue weighted by Crippen LogP contribution is 2.31. The van der Waals surface area contributed by atoms with Crippen LogP contribution in [0.15, 0.2) is 24.3 Å². The fraction of sp³-hybridized carbons (Fsp3) is 0.500. The number of carbonyl (C=O) groups is 1. The molecule has 1 aromatic rings. The van der Waals surface area contributed by atoms with Crippen LogP contribution < -0.4 is 10.1 Å². The summed E-state index contributed by atoms with van der Waals surface area (Å²) >= 11 is 0. The third kappa shape index (κ3) is 5.44. The summed E-state index contributed by atoms with van der Waals surface area (Å²) in [6, 6.07) is 3.81. The summed E-state index contributed by atoms with van der Waals surface area (Å²) < 4.78 is 42.7. The lowest BCUT2D eigenvalue weighted by atomic mass is 10.2. The smallest absolute Gasteiger partial charge is 0.416 e. The Kier molecular flexibility index (Phi) is 6.48. The van der Waals surface area contributed by atoms with Crippen molar-refractivity contribution in [3.8, 4) is 5.75 Å². The summed E-state index contributed by atoms with van der Waals surface area (Å²) in [4.78, 5) is 13.0. The van der Waals surface area contributed by atoms with Gasteiger partial charge in [-0.1, -0.05) is 6.07 Å². The van der Waals surface area contributed by atoms with Crippen LogP contribution in [0.25, 0.3) is 0 Å². The molecule has 8 heteroatoms. The molecule has 1 unspecified atom stereocenters. The molecule has 0 saturated carbocycles. The third-order valence-electron chi connectivity index (χ3n) is 3.05. The van der Waals surface area contributed by atoms with E-state index in [4.69, 9.17) is 9.84 Å². The van der Waals surface area contributed by atoms with Crippen LogP contribution in [-0.4, -0.2) is 48.9 Å². The van der Waals surface area contributed by atoms with Crippen LogP contribution in [0.4, 0.5) is 18.0 Å². The van der Waals surface area contributed by atoms with Gasteiger partial charge in [-0.25, -0.2) is 4.79 Å². The van der Waals surface area contributed by atoms with Gasteiger partial charge in [0.2, 0.25) is 0 Å². The number of nitrogens with zero attached hydrogens (tertiary/aromatic N) is 1. The zero-order valence-electron chi connectivity index (χ0n) is 12.4. The number of hydrogen-bond acceptors (Lipinski definition) is 3. The van der Waals surface area contributed by atoms with E-state index in [1.54, 1.807) is 6.92 Å². The second-order valence-electron chi connectivity index (χ2n) is 4.75. The molecule has 0 saturated heterocycles. The van der Waals surface area contributed by atoms with Crippen molar-refractivity contribution in [1.29, 1.82) is 0 Å². The molecule has 0 aliphatic rings. The van der Waals surface area contributed by atoms with Crippen LogP contribution in [0.5, 0.6) is 5.75 Å². The molecular formula is C14H19F3N2O3. The fourth-order valence-electron chi connectivity index (χ4n) is 1.54. The van der Waals surface area contributed by atoms with Gasteiger partial charge >= 0.3 is 12.2 Å². The Hall–Kier alpha value is -1.96. The van der Waals surface area contributed by atoms with Gasteiger partial charge in [-0.3, -0.25) is 0 Å². The van der Waals surface area contributed by atoms with Gasteiger partial charge in [-0.15, -0.1) is 0 Å². The van der Waals surface area contributed by atoms with Crippen LogP contribution in [0.1, 0.15) is 12.5 Å². The van der Waals surface area contributed by atoms with Crippen LogP contribution in [0, 0.1) is 0 Å². The number of urea groups is 1. The molecule has 0 aromatic heterocycles. The van der Waals surface area contributed by atoms with Gasteiger partial charge in [-0.05, 0) is 25.1 Å². The molecule has 0 heterocycles. The summed E-state index contributed by atoms with van der Waals surface area (Å²) in [6.07, 6.45) is -4.42. The van der Waals surface area contributed by atoms with Gasteiger partial charge in [0.1, 0.15) is 12.4 Å². The predicted octanol–water partition coefficient (Wildman–Crippen LogP) is 2.11. The van der Waals surface area contributed by atoms with E-state index in [-0.39, 0.29) is 31.5 Å². The Bertz CT molecular complexity index is 494. The largest absolute Gasteiger partial charge is 0.492 e. The first-order chi connectivity index (χ1) is 10.3. The number of halogens is 3. The normalized spacial score (nSPS) is 12.6. The Morgan fingerprint density at radius 2 is 2.14 bits per heavy atom. The maximum Gasteiger partial charge on any atom is 0.416 e. The third-order valence-corrected chi connectivity index (χ3v) is 3.05. The number of alkyl halides is 3. The quantitative estimate of drug-likeness (QED) is 0.789. The standard InChI is InChI=1S/C14H19F3N2O3/c1-10(9-20)19(2)13(21)18-6-7-22-12-5-3-4-11(8-12)14(15,16)17/h3-5,8,10,20H,6-7,9H2,1-2H3,(H,18,21). The van der Waals surface area contributed by atoms with E-state index in [2.05, 4.69) is 5.32 Å². The number of ether oxygens (including phenoxy) is 1. The predicted molar refractivity (Wildman–Crippen MR) is 74.6 cm³/mol. The molecule has 1 rings (SSSR count). The zero-order chi connectivity index (χ0) is 16.8. The number of aliphatic hydroxyl groups is 1. The highest BCUT2D eigenvalue weighted by Gasteiger charge is 2.30. The second-order valence-corrected chi connectivity index (χ2v) is 4.75. The number of carbonyl (C=O) groups excluding carboxylic acids is 1. The lowest BCUT2D eigenvalue weighted by Crippen LogP contribution is -2.44. The molecule has 0 fully saturated rings. The Labute approximate surface area is 126 Å². The van der Waals surface area contributed by atoms with Crippen molar-refractivity contribution in [3.05, 3.63) is 29.8 Å². The monoisotopic (exact) mass is 320 g/mol. The van der Waals surface area contributed by atoms with E-state index in [9.17, 15) is 18.0 Å². The molecule has 0 spiro atoms. The summed E-state index contributed by atoms with van der Waals surface area (Å²) in [6.45, 7) is 1.69. The molecule has 1 atom stereocenters. The number of aliphatic hydroxyl groups excluding tert-OH is 1. The van der Waals surface area contributed by atoms with E-state index in [1.165, 1.54) is 24.1 Å². The molecule has 5 nitrogen and oxygen atoms in total. The molecule has 2 amide bonds. The van der Waals surface area contributed by atoms with Gasteiger partial charge in [-0.2, -0.15) is 13.2 Å². The number of rotatable bonds is 6. The first-order valence-corrected chi connectivity index (χ1v) is 6.67. The van der Waals surface area contributed by atoms with Gasteiger partial charge in [0.15, 0.2) is 0 Å². The second kappa shape index (κ2) is 7.88. The topological polar surface area (TPSA) is 61.8 Å². The van der Waals surface area contributed by atoms with Gasteiger partial charge in [0.05, 0.1) is 24.8 Å². The summed E-state index contributed by atoms with van der Waals surface area (Å²) in [5, 5.41) is 11.5. The molecular weight excluding hydrogens is 301 g/mol. The molecule has 2 N–H and O–H groups in total. The fourth-order valence-corrected chi connectivity index (χ4v) is 1.54. The SMILES string of the molecule is CC(CO)N(C)C(=O)NCCOc1cccc(C(F)(F)F)c1. The Morgan fingerprint density at radius 3 is 2.73 bits per heavy atom. The number of benzene rings is 1. The van der Waals surface area contributed by atoms with E-state index >= 15 is 0 Å². The highest BCUT2D eigenvalue weighted by molar-refractivity contribution is 5.74. The van der Waals surface area contributed by atoms with Crippen LogP contribution in [-0.2, 0) is 6.18 Å². The van der Waals surface area contributed by atoms with Gasteiger partial charge in [0.25, 0.3) is 0 Å². The van der Waals surface area contributed by atoms with Crippen LogP contribution >= 0.6 is 0 Å². The van der Waals surface area contributed by atoms with Crippen molar-refractivity contribution in [2.45, 2.75) is 19.1 Å². The first-order valence-electron chi connectivity index (χ1n) is 6.67. The molecule has 0 aliphatic carbocycles. The van der Waals surface area contributed by atoms with Crippen molar-refractivity contribution in [2.75, 3.05) is 26.8 Å².